The van der Waals surface area contributed by atoms with Gasteiger partial charge in [0.25, 0.3) is 0 Å². The molecule has 1 heterocycles. The van der Waals surface area contributed by atoms with Crippen LogP contribution in [-0.4, -0.2) is 33.7 Å². The molecule has 1 unspecified atom stereocenters. The number of amides is 1. The fourth-order valence-corrected chi connectivity index (χ4v) is 2.97. The Labute approximate surface area is 129 Å². The molecular formula is C13H18ClN3O3S. The molecule has 0 bridgehead atoms. The molecule has 1 atom stereocenters. The Morgan fingerprint density at radius 1 is 1.48 bits per heavy atom. The van der Waals surface area contributed by atoms with Crippen molar-refractivity contribution in [1.82, 2.24) is 5.32 Å². The van der Waals surface area contributed by atoms with Crippen LogP contribution >= 0.6 is 11.6 Å². The van der Waals surface area contributed by atoms with Gasteiger partial charge in [0.15, 0.2) is 0 Å². The molecule has 3 N–H and O–H groups in total. The number of carbonyl (C=O) groups is 1. The van der Waals surface area contributed by atoms with Crippen LogP contribution in [0.1, 0.15) is 12.8 Å². The van der Waals surface area contributed by atoms with Gasteiger partial charge in [0.05, 0.1) is 22.7 Å². The van der Waals surface area contributed by atoms with Crippen molar-refractivity contribution in [3.05, 3.63) is 23.2 Å². The first-order chi connectivity index (χ1) is 9.83. The minimum Gasteiger partial charge on any atom is -0.325 e. The van der Waals surface area contributed by atoms with Crippen molar-refractivity contribution < 1.29 is 13.2 Å². The van der Waals surface area contributed by atoms with Crippen molar-refractivity contribution in [1.29, 1.82) is 0 Å². The third-order valence-corrected chi connectivity index (χ3v) is 4.12. The maximum atomic E-state index is 12.0. The molecule has 0 aliphatic carbocycles. The highest BCUT2D eigenvalue weighted by molar-refractivity contribution is 7.92. The van der Waals surface area contributed by atoms with Gasteiger partial charge in [0.1, 0.15) is 0 Å². The van der Waals surface area contributed by atoms with E-state index in [0.29, 0.717) is 28.7 Å². The van der Waals surface area contributed by atoms with E-state index in [-0.39, 0.29) is 5.91 Å². The molecule has 21 heavy (non-hydrogen) atoms. The van der Waals surface area contributed by atoms with Crippen LogP contribution in [0.5, 0.6) is 0 Å². The quantitative estimate of drug-likeness (QED) is 0.765. The summed E-state index contributed by atoms with van der Waals surface area (Å²) in [6.45, 7) is 1.78. The summed E-state index contributed by atoms with van der Waals surface area (Å²) in [5.41, 5.74) is 0.765. The van der Waals surface area contributed by atoms with E-state index < -0.39 is 10.0 Å². The summed E-state index contributed by atoms with van der Waals surface area (Å²) in [6.07, 6.45) is 2.47. The predicted octanol–water partition coefficient (Wildman–Crippen LogP) is 1.65. The lowest BCUT2D eigenvalue weighted by molar-refractivity contribution is -0.116. The standard InChI is InChI=1S/C13H18ClN3O3S/c1-21(19,20)17-10-2-3-11(14)12(7-10)16-13(18)6-9-4-5-15-8-9/h2-3,7,9,15,17H,4-6,8H2,1H3,(H,16,18). The average Bonchev–Trinajstić information content (AvgIpc) is 2.84. The number of nitrogens with one attached hydrogen (secondary N) is 3. The molecule has 0 aromatic heterocycles. The normalized spacial score (nSPS) is 18.5. The lowest BCUT2D eigenvalue weighted by Crippen LogP contribution is -2.18. The molecule has 116 valence electrons. The van der Waals surface area contributed by atoms with E-state index in [1.165, 1.54) is 6.07 Å². The molecule has 0 radical (unpaired) electrons. The van der Waals surface area contributed by atoms with Gasteiger partial charge >= 0.3 is 0 Å². The third-order valence-electron chi connectivity index (χ3n) is 3.18. The van der Waals surface area contributed by atoms with Crippen molar-refractivity contribution in [2.75, 3.05) is 29.4 Å². The highest BCUT2D eigenvalue weighted by atomic mass is 35.5. The molecule has 8 heteroatoms. The summed E-state index contributed by atoms with van der Waals surface area (Å²) in [4.78, 5) is 12.0. The van der Waals surface area contributed by atoms with Crippen LogP contribution in [0.25, 0.3) is 0 Å². The van der Waals surface area contributed by atoms with Gasteiger partial charge in [-0.2, -0.15) is 0 Å². The first-order valence-corrected chi connectivity index (χ1v) is 8.88. The van der Waals surface area contributed by atoms with E-state index in [1.807, 2.05) is 0 Å². The zero-order valence-corrected chi connectivity index (χ0v) is 13.2. The summed E-state index contributed by atoms with van der Waals surface area (Å²) >= 11 is 6.02. The van der Waals surface area contributed by atoms with Gasteiger partial charge in [0, 0.05) is 6.42 Å². The molecule has 0 saturated carbocycles. The van der Waals surface area contributed by atoms with Crippen LogP contribution in [0.3, 0.4) is 0 Å². The predicted molar refractivity (Wildman–Crippen MR) is 84.1 cm³/mol. The fourth-order valence-electron chi connectivity index (χ4n) is 2.25. The van der Waals surface area contributed by atoms with Crippen molar-refractivity contribution >= 4 is 38.9 Å². The third kappa shape index (κ3) is 5.18. The second-order valence-electron chi connectivity index (χ2n) is 5.18. The fraction of sp³-hybridized carbons (Fsp3) is 0.462. The highest BCUT2D eigenvalue weighted by Gasteiger charge is 2.18. The molecule has 1 fully saturated rings. The second-order valence-corrected chi connectivity index (χ2v) is 7.34. The maximum absolute atomic E-state index is 12.0. The Hall–Kier alpha value is -1.31. The summed E-state index contributed by atoms with van der Waals surface area (Å²) < 4.78 is 24.8. The van der Waals surface area contributed by atoms with Gasteiger partial charge in [-0.05, 0) is 43.6 Å². The number of benzene rings is 1. The molecule has 0 spiro atoms. The lowest BCUT2D eigenvalue weighted by Gasteiger charge is -2.12. The Morgan fingerprint density at radius 3 is 2.86 bits per heavy atom. The van der Waals surface area contributed by atoms with Crippen LogP contribution in [-0.2, 0) is 14.8 Å². The summed E-state index contributed by atoms with van der Waals surface area (Å²) in [5, 5.41) is 6.30. The van der Waals surface area contributed by atoms with Crippen LogP contribution in [0.15, 0.2) is 18.2 Å². The van der Waals surface area contributed by atoms with Gasteiger partial charge in [-0.15, -0.1) is 0 Å². The number of hydrogen-bond donors (Lipinski definition) is 3. The zero-order valence-electron chi connectivity index (χ0n) is 11.6. The van der Waals surface area contributed by atoms with Crippen molar-refractivity contribution in [2.24, 2.45) is 5.92 Å². The van der Waals surface area contributed by atoms with Crippen LogP contribution in [0.4, 0.5) is 11.4 Å². The topological polar surface area (TPSA) is 87.3 Å². The Balaban J connectivity index is 2.04. The molecule has 2 rings (SSSR count). The SMILES string of the molecule is CS(=O)(=O)Nc1ccc(Cl)c(NC(=O)CC2CCNC2)c1. The van der Waals surface area contributed by atoms with Crippen LogP contribution < -0.4 is 15.4 Å². The van der Waals surface area contributed by atoms with Gasteiger partial charge < -0.3 is 10.6 Å². The summed E-state index contributed by atoms with van der Waals surface area (Å²) in [7, 11) is -3.37. The highest BCUT2D eigenvalue weighted by Crippen LogP contribution is 2.26. The monoisotopic (exact) mass is 331 g/mol. The number of rotatable bonds is 5. The lowest BCUT2D eigenvalue weighted by atomic mass is 10.0. The molecule has 1 aliphatic heterocycles. The smallest absolute Gasteiger partial charge is 0.229 e. The summed E-state index contributed by atoms with van der Waals surface area (Å²) in [5.74, 6) is 0.211. The molecule has 1 aliphatic rings. The van der Waals surface area contributed by atoms with E-state index >= 15 is 0 Å². The van der Waals surface area contributed by atoms with Crippen molar-refractivity contribution in [3.8, 4) is 0 Å². The minimum atomic E-state index is -3.37. The van der Waals surface area contributed by atoms with E-state index in [2.05, 4.69) is 15.4 Å². The Kier molecular flexibility index (Phi) is 5.08. The number of sulfonamides is 1. The first kappa shape index (κ1) is 16.1. The largest absolute Gasteiger partial charge is 0.325 e. The van der Waals surface area contributed by atoms with Crippen molar-refractivity contribution in [2.45, 2.75) is 12.8 Å². The number of anilines is 2. The van der Waals surface area contributed by atoms with Crippen LogP contribution in [0, 0.1) is 5.92 Å². The maximum Gasteiger partial charge on any atom is 0.229 e. The van der Waals surface area contributed by atoms with E-state index in [0.717, 1.165) is 25.8 Å². The van der Waals surface area contributed by atoms with E-state index in [9.17, 15) is 13.2 Å². The Morgan fingerprint density at radius 2 is 2.24 bits per heavy atom. The van der Waals surface area contributed by atoms with Gasteiger partial charge in [-0.1, -0.05) is 11.6 Å². The first-order valence-electron chi connectivity index (χ1n) is 6.61. The van der Waals surface area contributed by atoms with Gasteiger partial charge in [-0.3, -0.25) is 9.52 Å². The minimum absolute atomic E-state index is 0.123. The molecule has 1 aromatic carbocycles. The van der Waals surface area contributed by atoms with E-state index in [1.54, 1.807) is 12.1 Å². The van der Waals surface area contributed by atoms with Gasteiger partial charge in [-0.25, -0.2) is 8.42 Å². The summed E-state index contributed by atoms with van der Waals surface area (Å²) in [6, 6.07) is 4.59. The second kappa shape index (κ2) is 6.64. The number of hydrogen-bond acceptors (Lipinski definition) is 4. The molecule has 1 aromatic rings. The Bertz CT molecular complexity index is 628. The zero-order chi connectivity index (χ0) is 15.5. The average molecular weight is 332 g/mol. The number of carbonyl (C=O) groups excluding carboxylic acids is 1. The molecule has 1 amide bonds. The van der Waals surface area contributed by atoms with Crippen LogP contribution in [0.2, 0.25) is 5.02 Å². The van der Waals surface area contributed by atoms with Crippen molar-refractivity contribution in [3.63, 3.8) is 0 Å². The molecule has 1 saturated heterocycles. The van der Waals surface area contributed by atoms with Gasteiger partial charge in [0.2, 0.25) is 15.9 Å². The molecular weight excluding hydrogens is 314 g/mol. The molecule has 6 nitrogen and oxygen atoms in total. The van der Waals surface area contributed by atoms with E-state index in [4.69, 9.17) is 11.6 Å². The number of halogens is 1.